The van der Waals surface area contributed by atoms with Crippen LogP contribution in [0.2, 0.25) is 0 Å². The van der Waals surface area contributed by atoms with Crippen LogP contribution in [-0.4, -0.2) is 4.98 Å². The van der Waals surface area contributed by atoms with E-state index in [0.717, 1.165) is 61.2 Å². The summed E-state index contributed by atoms with van der Waals surface area (Å²) in [4.78, 5) is 7.40. The first-order valence-corrected chi connectivity index (χ1v) is 15.5. The Morgan fingerprint density at radius 2 is 1.07 bits per heavy atom. The summed E-state index contributed by atoms with van der Waals surface area (Å²) in [5.41, 5.74) is 10.1. The van der Waals surface area contributed by atoms with Gasteiger partial charge in [0.1, 0.15) is 11.1 Å². The van der Waals surface area contributed by atoms with Crippen molar-refractivity contribution in [2.75, 3.05) is 4.90 Å². The first-order valence-electron chi connectivity index (χ1n) is 15.5. The summed E-state index contributed by atoms with van der Waals surface area (Å²) in [6, 6.07) is 59.8. The Kier molecular flexibility index (Phi) is 6.14. The lowest BCUT2D eigenvalue weighted by Crippen LogP contribution is -2.10. The van der Waals surface area contributed by atoms with Crippen LogP contribution < -0.4 is 4.90 Å². The molecular formula is C43H28N2O. The maximum atomic E-state index is 6.56. The molecule has 3 heteroatoms. The molecule has 0 fully saturated rings. The Balaban J connectivity index is 1.25. The number of aromatic nitrogens is 1. The van der Waals surface area contributed by atoms with E-state index in [4.69, 9.17) is 9.40 Å². The van der Waals surface area contributed by atoms with E-state index in [0.29, 0.717) is 0 Å². The molecule has 216 valence electrons. The lowest BCUT2D eigenvalue weighted by Gasteiger charge is -2.26. The second kappa shape index (κ2) is 10.8. The highest BCUT2D eigenvalue weighted by Gasteiger charge is 2.18. The quantitative estimate of drug-likeness (QED) is 0.200. The zero-order valence-corrected chi connectivity index (χ0v) is 25.0. The minimum Gasteiger partial charge on any atom is -0.454 e. The van der Waals surface area contributed by atoms with Gasteiger partial charge in [0.25, 0.3) is 0 Å². The van der Waals surface area contributed by atoms with Crippen LogP contribution in [-0.2, 0) is 0 Å². The minimum atomic E-state index is 0.787. The summed E-state index contributed by atoms with van der Waals surface area (Å²) in [6.45, 7) is 0. The van der Waals surface area contributed by atoms with E-state index in [2.05, 4.69) is 144 Å². The average Bonchev–Trinajstić information content (AvgIpc) is 3.51. The van der Waals surface area contributed by atoms with E-state index in [9.17, 15) is 0 Å². The number of hydrogen-bond donors (Lipinski definition) is 0. The van der Waals surface area contributed by atoms with E-state index in [1.54, 1.807) is 0 Å². The second-order valence-corrected chi connectivity index (χ2v) is 11.6. The summed E-state index contributed by atoms with van der Waals surface area (Å²) in [5, 5.41) is 5.61. The number of benzene rings is 7. The van der Waals surface area contributed by atoms with Crippen molar-refractivity contribution in [1.29, 1.82) is 0 Å². The largest absolute Gasteiger partial charge is 0.454 e. The highest BCUT2D eigenvalue weighted by atomic mass is 16.3. The fourth-order valence-electron chi connectivity index (χ4n) is 6.54. The molecule has 0 atom stereocenters. The van der Waals surface area contributed by atoms with Gasteiger partial charge in [0.05, 0.1) is 5.69 Å². The lowest BCUT2D eigenvalue weighted by molar-refractivity contribution is 0.672. The van der Waals surface area contributed by atoms with Gasteiger partial charge in [-0.25, -0.2) is 4.98 Å². The number of anilines is 3. The summed E-state index contributed by atoms with van der Waals surface area (Å²) in [5.74, 6) is 0. The molecule has 0 amide bonds. The van der Waals surface area contributed by atoms with Gasteiger partial charge in [0.15, 0.2) is 5.58 Å². The Morgan fingerprint density at radius 1 is 0.413 bits per heavy atom. The zero-order valence-electron chi connectivity index (χ0n) is 25.0. The van der Waals surface area contributed by atoms with Crippen molar-refractivity contribution < 1.29 is 4.42 Å². The van der Waals surface area contributed by atoms with Crippen LogP contribution in [0.4, 0.5) is 17.1 Å². The second-order valence-electron chi connectivity index (χ2n) is 11.6. The Labute approximate surface area is 266 Å². The molecule has 0 saturated heterocycles. The monoisotopic (exact) mass is 588 g/mol. The highest BCUT2D eigenvalue weighted by Crippen LogP contribution is 2.41. The first kappa shape index (κ1) is 26.2. The van der Waals surface area contributed by atoms with Crippen molar-refractivity contribution in [1.82, 2.24) is 4.98 Å². The molecule has 46 heavy (non-hydrogen) atoms. The van der Waals surface area contributed by atoms with Crippen LogP contribution in [0.25, 0.3) is 66.0 Å². The fourth-order valence-corrected chi connectivity index (χ4v) is 6.54. The van der Waals surface area contributed by atoms with Gasteiger partial charge >= 0.3 is 0 Å². The smallest absolute Gasteiger partial charge is 0.153 e. The van der Waals surface area contributed by atoms with Crippen LogP contribution in [0, 0.1) is 0 Å². The van der Waals surface area contributed by atoms with Crippen molar-refractivity contribution in [2.24, 2.45) is 0 Å². The van der Waals surface area contributed by atoms with Gasteiger partial charge < -0.3 is 9.32 Å². The summed E-state index contributed by atoms with van der Waals surface area (Å²) >= 11 is 0. The number of rotatable bonds is 5. The number of fused-ring (bicyclic) bond motifs is 6. The predicted molar refractivity (Wildman–Crippen MR) is 192 cm³/mol. The van der Waals surface area contributed by atoms with Crippen molar-refractivity contribution >= 4 is 60.7 Å². The van der Waals surface area contributed by atoms with Crippen molar-refractivity contribution in [2.45, 2.75) is 0 Å². The van der Waals surface area contributed by atoms with Gasteiger partial charge in [-0.15, -0.1) is 0 Å². The topological polar surface area (TPSA) is 29.3 Å². The third-order valence-electron chi connectivity index (χ3n) is 8.81. The molecule has 2 heterocycles. The maximum absolute atomic E-state index is 6.56. The van der Waals surface area contributed by atoms with Crippen LogP contribution in [0.3, 0.4) is 0 Å². The van der Waals surface area contributed by atoms with Crippen molar-refractivity contribution in [3.8, 4) is 22.4 Å². The van der Waals surface area contributed by atoms with E-state index in [-0.39, 0.29) is 0 Å². The van der Waals surface area contributed by atoms with Gasteiger partial charge in [0.2, 0.25) is 0 Å². The van der Waals surface area contributed by atoms with Crippen LogP contribution in [0.1, 0.15) is 0 Å². The number of hydrogen-bond acceptors (Lipinski definition) is 3. The standard InChI is InChI=1S/C43H28N2O/c1-3-10-29(11-4-1)34-16-9-17-35(26-34)45(36-21-18-30-12-7-8-15-33(30)27-36)37-22-19-31-20-23-38-42-41(46-43(38)39(31)28-37)25-24-40(44-42)32-13-5-2-6-14-32/h1-28H. The summed E-state index contributed by atoms with van der Waals surface area (Å²) in [6.07, 6.45) is 0. The van der Waals surface area contributed by atoms with Gasteiger partial charge in [-0.05, 0) is 81.9 Å². The molecule has 7 aromatic carbocycles. The molecule has 0 radical (unpaired) electrons. The molecule has 0 N–H and O–H groups in total. The average molecular weight is 589 g/mol. The molecule has 2 aromatic heterocycles. The molecule has 3 nitrogen and oxygen atoms in total. The Bertz CT molecular complexity index is 2530. The summed E-state index contributed by atoms with van der Waals surface area (Å²) < 4.78 is 6.56. The molecule has 0 spiro atoms. The molecule has 0 saturated carbocycles. The number of furan rings is 1. The number of pyridine rings is 1. The Hall–Kier alpha value is -6.19. The molecule has 9 aromatic rings. The highest BCUT2D eigenvalue weighted by molar-refractivity contribution is 6.14. The summed E-state index contributed by atoms with van der Waals surface area (Å²) in [7, 11) is 0. The maximum Gasteiger partial charge on any atom is 0.153 e. The third kappa shape index (κ3) is 4.49. The Morgan fingerprint density at radius 3 is 1.89 bits per heavy atom. The van der Waals surface area contributed by atoms with Crippen LogP contribution in [0.5, 0.6) is 0 Å². The normalized spacial score (nSPS) is 11.5. The lowest BCUT2D eigenvalue weighted by atomic mass is 10.0. The zero-order chi connectivity index (χ0) is 30.5. The molecule has 0 aliphatic heterocycles. The van der Waals surface area contributed by atoms with E-state index >= 15 is 0 Å². The molecule has 9 rings (SSSR count). The van der Waals surface area contributed by atoms with Gasteiger partial charge in [-0.1, -0.05) is 115 Å². The van der Waals surface area contributed by atoms with Crippen molar-refractivity contribution in [3.05, 3.63) is 170 Å². The van der Waals surface area contributed by atoms with E-state index in [1.165, 1.54) is 21.9 Å². The SMILES string of the molecule is c1ccc(-c2cccc(N(c3ccc4ccccc4c3)c3ccc4ccc5c6nc(-c7ccccc7)ccc6oc5c4c3)c2)cc1. The van der Waals surface area contributed by atoms with Crippen molar-refractivity contribution in [3.63, 3.8) is 0 Å². The van der Waals surface area contributed by atoms with E-state index in [1.807, 2.05) is 30.3 Å². The van der Waals surface area contributed by atoms with Gasteiger partial charge in [0, 0.05) is 33.4 Å². The molecule has 0 bridgehead atoms. The number of nitrogens with zero attached hydrogens (tertiary/aromatic N) is 2. The molecule has 0 unspecified atom stereocenters. The molecular weight excluding hydrogens is 560 g/mol. The minimum absolute atomic E-state index is 0.787. The van der Waals surface area contributed by atoms with Gasteiger partial charge in [-0.3, -0.25) is 0 Å². The van der Waals surface area contributed by atoms with E-state index < -0.39 is 0 Å². The van der Waals surface area contributed by atoms with Gasteiger partial charge in [-0.2, -0.15) is 0 Å². The third-order valence-corrected chi connectivity index (χ3v) is 8.81. The fraction of sp³-hybridized carbons (Fsp3) is 0. The van der Waals surface area contributed by atoms with Crippen LogP contribution >= 0.6 is 0 Å². The van der Waals surface area contributed by atoms with Crippen LogP contribution in [0.15, 0.2) is 174 Å². The first-order chi connectivity index (χ1) is 22.8. The molecule has 0 aliphatic rings. The predicted octanol–water partition coefficient (Wildman–Crippen LogP) is 12.1. The molecule has 0 aliphatic carbocycles.